The first kappa shape index (κ1) is 24.7. The molecular weight excluding hydrogens is 464 g/mol. The van der Waals surface area contributed by atoms with Crippen molar-refractivity contribution in [3.63, 3.8) is 0 Å². The normalized spacial score (nSPS) is 12.1. The summed E-state index contributed by atoms with van der Waals surface area (Å²) in [7, 11) is 0. The Bertz CT molecular complexity index is 1220. The van der Waals surface area contributed by atoms with Crippen LogP contribution in [0.15, 0.2) is 48.5 Å². The summed E-state index contributed by atoms with van der Waals surface area (Å²) >= 11 is 6.37. The number of halogens is 1. The summed E-state index contributed by atoms with van der Waals surface area (Å²) in [4.78, 5) is 41.7. The molecule has 1 aromatic heterocycles. The van der Waals surface area contributed by atoms with Gasteiger partial charge in [0.25, 0.3) is 5.69 Å². The third kappa shape index (κ3) is 6.32. The number of aromatic amines is 1. The van der Waals surface area contributed by atoms with E-state index in [1.54, 1.807) is 32.9 Å². The Kier molecular flexibility index (Phi) is 7.21. The molecule has 1 atom stereocenters. The predicted molar refractivity (Wildman–Crippen MR) is 125 cm³/mol. The molecule has 178 valence electrons. The molecule has 0 saturated carbocycles. The molecule has 3 N–H and O–H groups in total. The second-order valence-corrected chi connectivity index (χ2v) is 8.88. The highest BCUT2D eigenvalue weighted by molar-refractivity contribution is 6.31. The molecule has 0 fully saturated rings. The number of ether oxygens (including phenoxy) is 1. The van der Waals surface area contributed by atoms with Crippen LogP contribution in [0.3, 0.4) is 0 Å². The smallest absolute Gasteiger partial charge is 0.408 e. The van der Waals surface area contributed by atoms with Gasteiger partial charge in [0.05, 0.1) is 16.5 Å². The van der Waals surface area contributed by atoms with Crippen LogP contribution in [0.1, 0.15) is 48.6 Å². The predicted octanol–water partition coefficient (Wildman–Crippen LogP) is 5.15. The number of hydrogen-bond donors (Lipinski definition) is 3. The number of H-pyrrole nitrogens is 1. The van der Waals surface area contributed by atoms with Crippen LogP contribution in [0.4, 0.5) is 10.5 Å². The van der Waals surface area contributed by atoms with Crippen LogP contribution in [0.5, 0.6) is 0 Å². The average Bonchev–Trinajstić information content (AvgIpc) is 3.14. The lowest BCUT2D eigenvalue weighted by Crippen LogP contribution is -2.36. The quantitative estimate of drug-likeness (QED) is 0.309. The second-order valence-electron chi connectivity index (χ2n) is 8.50. The van der Waals surface area contributed by atoms with Crippen molar-refractivity contribution in [2.45, 2.75) is 38.8 Å². The zero-order chi connectivity index (χ0) is 25.0. The molecule has 0 spiro atoms. The summed E-state index contributed by atoms with van der Waals surface area (Å²) < 4.78 is 5.36. The summed E-state index contributed by atoms with van der Waals surface area (Å²) in [6, 6.07) is 11.3. The van der Waals surface area contributed by atoms with Gasteiger partial charge in [0.2, 0.25) is 0 Å². The molecule has 11 heteroatoms. The van der Waals surface area contributed by atoms with Gasteiger partial charge >= 0.3 is 12.1 Å². The number of amides is 1. The second kappa shape index (κ2) is 9.92. The van der Waals surface area contributed by atoms with Crippen molar-refractivity contribution < 1.29 is 24.4 Å². The van der Waals surface area contributed by atoms with E-state index in [2.05, 4.69) is 15.3 Å². The molecule has 0 aliphatic rings. The highest BCUT2D eigenvalue weighted by atomic mass is 35.5. The third-order valence-electron chi connectivity index (χ3n) is 4.66. The average molecular weight is 487 g/mol. The van der Waals surface area contributed by atoms with Crippen molar-refractivity contribution in [2.75, 3.05) is 0 Å². The first-order chi connectivity index (χ1) is 15.9. The first-order valence-corrected chi connectivity index (χ1v) is 10.6. The van der Waals surface area contributed by atoms with Gasteiger partial charge in [-0.2, -0.15) is 0 Å². The minimum atomic E-state index is -1.07. The molecule has 0 unspecified atom stereocenters. The van der Waals surface area contributed by atoms with Crippen LogP contribution in [0.25, 0.3) is 11.3 Å². The van der Waals surface area contributed by atoms with Crippen molar-refractivity contribution in [2.24, 2.45) is 0 Å². The highest BCUT2D eigenvalue weighted by Crippen LogP contribution is 2.30. The van der Waals surface area contributed by atoms with Gasteiger partial charge in [-0.1, -0.05) is 23.7 Å². The summed E-state index contributed by atoms with van der Waals surface area (Å²) in [6.45, 7) is 5.19. The Morgan fingerprint density at radius 2 is 1.91 bits per heavy atom. The number of alkyl carbamates (subject to hydrolysis) is 1. The molecule has 34 heavy (non-hydrogen) atoms. The number of nitrogens with one attached hydrogen (secondary N) is 2. The number of carboxylic acid groups (broad SMARTS) is 1. The van der Waals surface area contributed by atoms with Gasteiger partial charge in [0.1, 0.15) is 22.3 Å². The standard InChI is InChI=1S/C23H23ClN4O6/c1-23(2,3)34-22(31)25-17(12-13-5-4-6-15(11-13)21(29)30)20-26-18(19(24)27-20)14-7-9-16(10-8-14)28(32)33/h4-11,17H,12H2,1-3H3,(H,25,31)(H,26,27)(H,29,30)/t17-/m0/s1. The van der Waals surface area contributed by atoms with E-state index in [1.807, 2.05) is 0 Å². The number of rotatable bonds is 7. The van der Waals surface area contributed by atoms with E-state index < -0.39 is 28.6 Å². The van der Waals surface area contributed by atoms with Crippen LogP contribution in [-0.2, 0) is 11.2 Å². The van der Waals surface area contributed by atoms with Crippen molar-refractivity contribution in [1.82, 2.24) is 15.3 Å². The first-order valence-electron chi connectivity index (χ1n) is 10.2. The van der Waals surface area contributed by atoms with Gasteiger partial charge in [0.15, 0.2) is 0 Å². The molecule has 0 aliphatic heterocycles. The number of non-ortho nitro benzene ring substituents is 1. The third-order valence-corrected chi connectivity index (χ3v) is 4.94. The number of benzene rings is 2. The van der Waals surface area contributed by atoms with Crippen molar-refractivity contribution in [3.8, 4) is 11.3 Å². The molecule has 3 rings (SSSR count). The van der Waals surface area contributed by atoms with E-state index in [4.69, 9.17) is 16.3 Å². The van der Waals surface area contributed by atoms with E-state index >= 15 is 0 Å². The van der Waals surface area contributed by atoms with Gasteiger partial charge in [-0.05, 0) is 50.6 Å². The van der Waals surface area contributed by atoms with E-state index in [-0.39, 0.29) is 22.8 Å². The Balaban J connectivity index is 1.94. The van der Waals surface area contributed by atoms with Gasteiger partial charge in [-0.25, -0.2) is 14.6 Å². The van der Waals surface area contributed by atoms with Crippen LogP contribution in [0, 0.1) is 10.1 Å². The van der Waals surface area contributed by atoms with E-state index in [1.165, 1.54) is 36.4 Å². The number of nitro groups is 1. The topological polar surface area (TPSA) is 147 Å². The lowest BCUT2D eigenvalue weighted by atomic mass is 10.0. The summed E-state index contributed by atoms with van der Waals surface area (Å²) in [5.74, 6) is -0.759. The minimum absolute atomic E-state index is 0.0709. The zero-order valence-electron chi connectivity index (χ0n) is 18.7. The molecule has 1 heterocycles. The van der Waals surface area contributed by atoms with Gasteiger partial charge in [-0.3, -0.25) is 10.1 Å². The van der Waals surface area contributed by atoms with E-state index in [0.29, 0.717) is 22.6 Å². The lowest BCUT2D eigenvalue weighted by molar-refractivity contribution is -0.384. The maximum Gasteiger partial charge on any atom is 0.408 e. The fraction of sp³-hybridized carbons (Fsp3) is 0.261. The number of aromatic carboxylic acids is 1. The number of aromatic nitrogens is 2. The number of carbonyl (C=O) groups excluding carboxylic acids is 1. The van der Waals surface area contributed by atoms with Crippen LogP contribution < -0.4 is 5.32 Å². The highest BCUT2D eigenvalue weighted by Gasteiger charge is 2.25. The Morgan fingerprint density at radius 3 is 2.50 bits per heavy atom. The minimum Gasteiger partial charge on any atom is -0.478 e. The largest absolute Gasteiger partial charge is 0.478 e. The Morgan fingerprint density at radius 1 is 1.24 bits per heavy atom. The van der Waals surface area contributed by atoms with Crippen LogP contribution in [-0.4, -0.2) is 37.7 Å². The zero-order valence-corrected chi connectivity index (χ0v) is 19.4. The molecule has 0 radical (unpaired) electrons. The summed E-state index contributed by atoms with van der Waals surface area (Å²) in [5.41, 5.74) is 0.841. The van der Waals surface area contributed by atoms with Crippen molar-refractivity contribution >= 4 is 29.4 Å². The van der Waals surface area contributed by atoms with Crippen molar-refractivity contribution in [3.05, 3.63) is 80.7 Å². The Hall–Kier alpha value is -3.92. The summed E-state index contributed by atoms with van der Waals surface area (Å²) in [5, 5.41) is 23.1. The summed E-state index contributed by atoms with van der Waals surface area (Å²) in [6.07, 6.45) is -0.486. The van der Waals surface area contributed by atoms with E-state index in [0.717, 1.165) is 0 Å². The maximum atomic E-state index is 12.5. The number of carbonyl (C=O) groups is 2. The van der Waals surface area contributed by atoms with Crippen molar-refractivity contribution in [1.29, 1.82) is 0 Å². The van der Waals surface area contributed by atoms with E-state index in [9.17, 15) is 24.8 Å². The van der Waals surface area contributed by atoms with Crippen LogP contribution in [0.2, 0.25) is 5.15 Å². The molecule has 0 aliphatic carbocycles. The lowest BCUT2D eigenvalue weighted by Gasteiger charge is -2.23. The number of carboxylic acids is 1. The number of imidazole rings is 1. The molecule has 0 bridgehead atoms. The monoisotopic (exact) mass is 486 g/mol. The number of nitrogens with zero attached hydrogens (tertiary/aromatic N) is 2. The fourth-order valence-electron chi connectivity index (χ4n) is 3.20. The molecular formula is C23H23ClN4O6. The molecule has 1 amide bonds. The number of nitro benzene ring substituents is 1. The molecule has 10 nitrogen and oxygen atoms in total. The van der Waals surface area contributed by atoms with Gasteiger partial charge in [-0.15, -0.1) is 0 Å². The Labute approximate surface area is 200 Å². The number of hydrogen-bond acceptors (Lipinski definition) is 6. The van der Waals surface area contributed by atoms with Gasteiger partial charge < -0.3 is 20.1 Å². The van der Waals surface area contributed by atoms with Gasteiger partial charge in [0, 0.05) is 24.1 Å². The molecule has 3 aromatic rings. The fourth-order valence-corrected chi connectivity index (χ4v) is 3.45. The SMILES string of the molecule is CC(C)(C)OC(=O)N[C@@H](Cc1cccc(C(=O)O)c1)c1nc(-c2ccc([N+](=O)[O-])cc2)c(Cl)[nH]1. The molecule has 0 saturated heterocycles. The van der Waals surface area contributed by atoms with Crippen LogP contribution >= 0.6 is 11.6 Å². The molecule has 2 aromatic carbocycles. The maximum absolute atomic E-state index is 12.5.